The molecule has 0 bridgehead atoms. The van der Waals surface area contributed by atoms with E-state index in [0.29, 0.717) is 6.42 Å². The molecular formula is C15H11Br2NO2. The lowest BCUT2D eigenvalue weighted by Crippen LogP contribution is -2.31. The molecule has 1 N–H and O–H groups in total. The first-order valence-electron chi connectivity index (χ1n) is 6.14. The number of ether oxygens (including phenoxy) is 1. The van der Waals surface area contributed by atoms with Crippen LogP contribution in [0.5, 0.6) is 5.75 Å². The summed E-state index contributed by atoms with van der Waals surface area (Å²) in [5.41, 5.74) is 1.81. The number of nitrogens with one attached hydrogen (secondary N) is 1. The van der Waals surface area contributed by atoms with Crippen molar-refractivity contribution in [3.05, 3.63) is 57.0 Å². The maximum atomic E-state index is 12.3. The molecule has 0 aromatic heterocycles. The molecule has 5 heteroatoms. The van der Waals surface area contributed by atoms with Gasteiger partial charge in [-0.05, 0) is 45.8 Å². The van der Waals surface area contributed by atoms with Gasteiger partial charge in [0.25, 0.3) is 5.91 Å². The van der Waals surface area contributed by atoms with E-state index in [2.05, 4.69) is 37.2 Å². The van der Waals surface area contributed by atoms with E-state index in [9.17, 15) is 4.79 Å². The van der Waals surface area contributed by atoms with E-state index >= 15 is 0 Å². The molecule has 3 nitrogen and oxygen atoms in total. The summed E-state index contributed by atoms with van der Waals surface area (Å²) in [6, 6.07) is 13.3. The zero-order valence-corrected chi connectivity index (χ0v) is 13.6. The normalized spacial score (nSPS) is 16.4. The molecule has 0 radical (unpaired) electrons. The van der Waals surface area contributed by atoms with Crippen LogP contribution in [0.15, 0.2) is 51.4 Å². The standard InChI is InChI=1S/C15H11Br2NO2/c16-10-5-6-12(11(17)8-10)18-15(19)14-7-9-3-1-2-4-13(9)20-14/h1-6,8,14H,7H2,(H,18,19). The lowest BCUT2D eigenvalue weighted by atomic mass is 10.1. The molecule has 0 spiro atoms. The Hall–Kier alpha value is -1.33. The molecule has 3 rings (SSSR count). The predicted octanol–water partition coefficient (Wildman–Crippen LogP) is 4.15. The third kappa shape index (κ3) is 2.74. The number of anilines is 1. The van der Waals surface area contributed by atoms with Gasteiger partial charge < -0.3 is 10.1 Å². The van der Waals surface area contributed by atoms with Gasteiger partial charge in [-0.25, -0.2) is 0 Å². The molecule has 20 heavy (non-hydrogen) atoms. The minimum Gasteiger partial charge on any atom is -0.480 e. The van der Waals surface area contributed by atoms with Crippen molar-refractivity contribution >= 4 is 43.5 Å². The summed E-state index contributed by atoms with van der Waals surface area (Å²) in [4.78, 5) is 12.3. The van der Waals surface area contributed by atoms with Crippen LogP contribution in [0.1, 0.15) is 5.56 Å². The molecule has 0 saturated carbocycles. The second-order valence-electron chi connectivity index (χ2n) is 4.53. The Morgan fingerprint density at radius 3 is 2.75 bits per heavy atom. The summed E-state index contributed by atoms with van der Waals surface area (Å²) in [5, 5.41) is 2.88. The van der Waals surface area contributed by atoms with E-state index in [0.717, 1.165) is 25.9 Å². The fourth-order valence-corrected chi connectivity index (χ4v) is 3.28. The Balaban J connectivity index is 1.72. The van der Waals surface area contributed by atoms with Crippen molar-refractivity contribution in [1.29, 1.82) is 0 Å². The van der Waals surface area contributed by atoms with Crippen molar-refractivity contribution in [2.24, 2.45) is 0 Å². The zero-order chi connectivity index (χ0) is 14.1. The Morgan fingerprint density at radius 2 is 2.00 bits per heavy atom. The first-order chi connectivity index (χ1) is 9.63. The lowest BCUT2D eigenvalue weighted by Gasteiger charge is -2.12. The second-order valence-corrected chi connectivity index (χ2v) is 6.30. The fraction of sp³-hybridized carbons (Fsp3) is 0.133. The van der Waals surface area contributed by atoms with Crippen molar-refractivity contribution in [1.82, 2.24) is 0 Å². The third-order valence-corrected chi connectivity index (χ3v) is 4.28. The van der Waals surface area contributed by atoms with E-state index in [1.54, 1.807) is 0 Å². The van der Waals surface area contributed by atoms with Gasteiger partial charge in [0.15, 0.2) is 6.10 Å². The zero-order valence-electron chi connectivity index (χ0n) is 10.4. The molecule has 102 valence electrons. The molecular weight excluding hydrogens is 386 g/mol. The first-order valence-corrected chi connectivity index (χ1v) is 7.72. The molecule has 0 fully saturated rings. The molecule has 1 amide bonds. The lowest BCUT2D eigenvalue weighted by molar-refractivity contribution is -0.122. The summed E-state index contributed by atoms with van der Waals surface area (Å²) >= 11 is 6.81. The summed E-state index contributed by atoms with van der Waals surface area (Å²) in [5.74, 6) is 0.659. The Labute approximate surface area is 133 Å². The summed E-state index contributed by atoms with van der Waals surface area (Å²) in [7, 11) is 0. The van der Waals surface area contributed by atoms with Crippen LogP contribution >= 0.6 is 31.9 Å². The van der Waals surface area contributed by atoms with Gasteiger partial charge in [0, 0.05) is 15.4 Å². The minimum absolute atomic E-state index is 0.135. The number of fused-ring (bicyclic) bond motifs is 1. The summed E-state index contributed by atoms with van der Waals surface area (Å²) in [6.45, 7) is 0. The average molecular weight is 397 g/mol. The summed E-state index contributed by atoms with van der Waals surface area (Å²) in [6.07, 6.45) is 0.138. The highest BCUT2D eigenvalue weighted by Gasteiger charge is 2.28. The average Bonchev–Trinajstić information content (AvgIpc) is 2.86. The largest absolute Gasteiger partial charge is 0.480 e. The van der Waals surface area contributed by atoms with Crippen molar-refractivity contribution < 1.29 is 9.53 Å². The van der Waals surface area contributed by atoms with Crippen LogP contribution in [0, 0.1) is 0 Å². The van der Waals surface area contributed by atoms with Crippen molar-refractivity contribution in [2.75, 3.05) is 5.32 Å². The number of amides is 1. The summed E-state index contributed by atoms with van der Waals surface area (Å²) < 4.78 is 7.45. The number of halogens is 2. The number of rotatable bonds is 2. The van der Waals surface area contributed by atoms with Gasteiger partial charge in [0.05, 0.1) is 5.69 Å². The Bertz CT molecular complexity index is 648. The van der Waals surface area contributed by atoms with Crippen LogP contribution in [0.25, 0.3) is 0 Å². The maximum absolute atomic E-state index is 12.3. The van der Waals surface area contributed by atoms with Gasteiger partial charge in [0.2, 0.25) is 0 Å². The van der Waals surface area contributed by atoms with E-state index in [4.69, 9.17) is 4.74 Å². The number of carbonyl (C=O) groups excluding carboxylic acids is 1. The molecule has 1 atom stereocenters. The van der Waals surface area contributed by atoms with Crippen LogP contribution in [-0.4, -0.2) is 12.0 Å². The Morgan fingerprint density at radius 1 is 1.20 bits per heavy atom. The van der Waals surface area contributed by atoms with Gasteiger partial charge in [-0.2, -0.15) is 0 Å². The Kier molecular flexibility index (Phi) is 3.81. The first kappa shape index (κ1) is 13.6. The van der Waals surface area contributed by atoms with Crippen molar-refractivity contribution in [3.8, 4) is 5.75 Å². The SMILES string of the molecule is O=C(Nc1ccc(Br)cc1Br)C1Cc2ccccc2O1. The number of hydrogen-bond donors (Lipinski definition) is 1. The highest BCUT2D eigenvalue weighted by Crippen LogP contribution is 2.30. The van der Waals surface area contributed by atoms with Crippen LogP contribution in [0.4, 0.5) is 5.69 Å². The van der Waals surface area contributed by atoms with Gasteiger partial charge in [-0.15, -0.1) is 0 Å². The molecule has 0 aliphatic carbocycles. The van der Waals surface area contributed by atoms with Crippen LogP contribution < -0.4 is 10.1 Å². The quantitative estimate of drug-likeness (QED) is 0.827. The second kappa shape index (κ2) is 5.58. The van der Waals surface area contributed by atoms with Gasteiger partial charge in [0.1, 0.15) is 5.75 Å². The van der Waals surface area contributed by atoms with Crippen molar-refractivity contribution in [2.45, 2.75) is 12.5 Å². The fourth-order valence-electron chi connectivity index (χ4n) is 2.13. The molecule has 1 aliphatic heterocycles. The van der Waals surface area contributed by atoms with Crippen LogP contribution in [0.3, 0.4) is 0 Å². The van der Waals surface area contributed by atoms with E-state index in [1.807, 2.05) is 42.5 Å². The number of hydrogen-bond acceptors (Lipinski definition) is 2. The topological polar surface area (TPSA) is 38.3 Å². The van der Waals surface area contributed by atoms with E-state index < -0.39 is 6.10 Å². The van der Waals surface area contributed by atoms with E-state index in [1.165, 1.54) is 0 Å². The van der Waals surface area contributed by atoms with Crippen LogP contribution in [0.2, 0.25) is 0 Å². The number of benzene rings is 2. The molecule has 2 aromatic rings. The van der Waals surface area contributed by atoms with Crippen LogP contribution in [-0.2, 0) is 11.2 Å². The molecule has 1 heterocycles. The number of carbonyl (C=O) groups is 1. The number of para-hydroxylation sites is 1. The maximum Gasteiger partial charge on any atom is 0.265 e. The molecule has 1 unspecified atom stereocenters. The third-order valence-electron chi connectivity index (χ3n) is 3.13. The smallest absolute Gasteiger partial charge is 0.265 e. The van der Waals surface area contributed by atoms with Crippen molar-refractivity contribution in [3.63, 3.8) is 0 Å². The molecule has 0 saturated heterocycles. The monoisotopic (exact) mass is 395 g/mol. The minimum atomic E-state index is -0.469. The molecule has 1 aliphatic rings. The highest BCUT2D eigenvalue weighted by molar-refractivity contribution is 9.11. The van der Waals surface area contributed by atoms with E-state index in [-0.39, 0.29) is 5.91 Å². The highest BCUT2D eigenvalue weighted by atomic mass is 79.9. The predicted molar refractivity (Wildman–Crippen MR) is 85.0 cm³/mol. The van der Waals surface area contributed by atoms with Gasteiger partial charge in [-0.1, -0.05) is 34.1 Å². The van der Waals surface area contributed by atoms with Gasteiger partial charge >= 0.3 is 0 Å². The molecule has 2 aromatic carbocycles. The van der Waals surface area contributed by atoms with Gasteiger partial charge in [-0.3, -0.25) is 4.79 Å².